The Hall–Kier alpha value is -1.29. The SMILES string of the molecule is C=C(C)CC(N)c1c(F)cc(F)cc1F. The minimum Gasteiger partial charge on any atom is -0.324 e. The maximum absolute atomic E-state index is 13.2. The Morgan fingerprint density at radius 2 is 1.80 bits per heavy atom. The molecule has 15 heavy (non-hydrogen) atoms. The van der Waals surface area contributed by atoms with Gasteiger partial charge in [-0.05, 0) is 13.3 Å². The molecule has 0 aliphatic rings. The van der Waals surface area contributed by atoms with Crippen LogP contribution in [0.15, 0.2) is 24.3 Å². The van der Waals surface area contributed by atoms with Crippen molar-refractivity contribution in [3.63, 3.8) is 0 Å². The second-order valence-electron chi connectivity index (χ2n) is 3.55. The highest BCUT2D eigenvalue weighted by Gasteiger charge is 2.18. The molecular weight excluding hydrogens is 203 g/mol. The first kappa shape index (κ1) is 11.8. The summed E-state index contributed by atoms with van der Waals surface area (Å²) in [4.78, 5) is 0. The zero-order valence-corrected chi connectivity index (χ0v) is 8.36. The lowest BCUT2D eigenvalue weighted by molar-refractivity contribution is 0.501. The molecule has 0 saturated carbocycles. The molecule has 1 rings (SSSR count). The third kappa shape index (κ3) is 2.83. The van der Waals surface area contributed by atoms with Gasteiger partial charge in [0.2, 0.25) is 0 Å². The summed E-state index contributed by atoms with van der Waals surface area (Å²) in [7, 11) is 0. The lowest BCUT2D eigenvalue weighted by Gasteiger charge is -2.13. The highest BCUT2D eigenvalue weighted by atomic mass is 19.1. The predicted octanol–water partition coefficient (Wildman–Crippen LogP) is 3.07. The van der Waals surface area contributed by atoms with Crippen LogP contribution in [0.4, 0.5) is 13.2 Å². The summed E-state index contributed by atoms with van der Waals surface area (Å²) in [6.45, 7) is 5.31. The van der Waals surface area contributed by atoms with E-state index >= 15 is 0 Å². The summed E-state index contributed by atoms with van der Waals surface area (Å²) >= 11 is 0. The molecule has 0 radical (unpaired) electrons. The van der Waals surface area contributed by atoms with Crippen molar-refractivity contribution in [1.29, 1.82) is 0 Å². The smallest absolute Gasteiger partial charge is 0.133 e. The normalized spacial score (nSPS) is 12.6. The van der Waals surface area contributed by atoms with Gasteiger partial charge in [0.05, 0.1) is 0 Å². The molecule has 1 nitrogen and oxygen atoms in total. The van der Waals surface area contributed by atoms with E-state index in [1.807, 2.05) is 0 Å². The molecule has 82 valence electrons. The molecule has 1 atom stereocenters. The van der Waals surface area contributed by atoms with Crippen molar-refractivity contribution in [2.75, 3.05) is 0 Å². The van der Waals surface area contributed by atoms with Gasteiger partial charge in [0.15, 0.2) is 0 Å². The summed E-state index contributed by atoms with van der Waals surface area (Å²) in [5.74, 6) is -2.86. The number of hydrogen-bond acceptors (Lipinski definition) is 1. The lowest BCUT2D eigenvalue weighted by atomic mass is 10.00. The fourth-order valence-corrected chi connectivity index (χ4v) is 1.39. The quantitative estimate of drug-likeness (QED) is 0.770. The number of rotatable bonds is 3. The van der Waals surface area contributed by atoms with Crippen LogP contribution in [0.5, 0.6) is 0 Å². The number of benzene rings is 1. The summed E-state index contributed by atoms with van der Waals surface area (Å²) in [6, 6.07) is 0.413. The van der Waals surface area contributed by atoms with Gasteiger partial charge in [0.25, 0.3) is 0 Å². The van der Waals surface area contributed by atoms with Crippen LogP contribution in [0, 0.1) is 17.5 Å². The van der Waals surface area contributed by atoms with Crippen molar-refractivity contribution in [3.8, 4) is 0 Å². The van der Waals surface area contributed by atoms with E-state index in [4.69, 9.17) is 5.73 Å². The first-order valence-corrected chi connectivity index (χ1v) is 4.46. The first-order valence-electron chi connectivity index (χ1n) is 4.46. The molecule has 0 aliphatic heterocycles. The van der Waals surface area contributed by atoms with Crippen LogP contribution >= 0.6 is 0 Å². The molecule has 0 fully saturated rings. The van der Waals surface area contributed by atoms with Gasteiger partial charge in [-0.3, -0.25) is 0 Å². The molecule has 0 saturated heterocycles. The maximum atomic E-state index is 13.2. The van der Waals surface area contributed by atoms with E-state index in [9.17, 15) is 13.2 Å². The van der Waals surface area contributed by atoms with Crippen LogP contribution < -0.4 is 5.73 Å². The van der Waals surface area contributed by atoms with Crippen LogP contribution in [0.25, 0.3) is 0 Å². The van der Waals surface area contributed by atoms with E-state index in [2.05, 4.69) is 6.58 Å². The second kappa shape index (κ2) is 4.49. The molecule has 1 unspecified atom stereocenters. The van der Waals surface area contributed by atoms with Crippen molar-refractivity contribution >= 4 is 0 Å². The topological polar surface area (TPSA) is 26.0 Å². The van der Waals surface area contributed by atoms with Crippen LogP contribution in [0.2, 0.25) is 0 Å². The number of nitrogens with two attached hydrogens (primary N) is 1. The monoisotopic (exact) mass is 215 g/mol. The van der Waals surface area contributed by atoms with Crippen LogP contribution in [-0.2, 0) is 0 Å². The first-order chi connectivity index (χ1) is 6.91. The zero-order valence-electron chi connectivity index (χ0n) is 8.36. The standard InChI is InChI=1S/C11H12F3N/c1-6(2)3-10(15)11-8(13)4-7(12)5-9(11)14/h4-5,10H,1,3,15H2,2H3. The Kier molecular flexibility index (Phi) is 3.52. The largest absolute Gasteiger partial charge is 0.324 e. The Balaban J connectivity index is 3.08. The molecule has 0 amide bonds. The van der Waals surface area contributed by atoms with Crippen molar-refractivity contribution in [3.05, 3.63) is 47.3 Å². The highest BCUT2D eigenvalue weighted by molar-refractivity contribution is 5.25. The molecule has 1 aromatic carbocycles. The molecule has 0 bridgehead atoms. The van der Waals surface area contributed by atoms with E-state index in [1.165, 1.54) is 0 Å². The molecule has 0 aliphatic carbocycles. The van der Waals surface area contributed by atoms with Crippen LogP contribution in [0.1, 0.15) is 24.9 Å². The van der Waals surface area contributed by atoms with E-state index in [0.29, 0.717) is 17.7 Å². The summed E-state index contributed by atoms with van der Waals surface area (Å²) < 4.78 is 39.0. The van der Waals surface area contributed by atoms with Gasteiger partial charge < -0.3 is 5.73 Å². The summed E-state index contributed by atoms with van der Waals surface area (Å²) in [6.07, 6.45) is 0.263. The Labute approximate surface area is 86.4 Å². The number of hydrogen-bond donors (Lipinski definition) is 1. The third-order valence-electron chi connectivity index (χ3n) is 1.98. The Bertz CT molecular complexity index is 364. The van der Waals surface area contributed by atoms with Gasteiger partial charge in [0.1, 0.15) is 17.5 Å². The van der Waals surface area contributed by atoms with E-state index in [-0.39, 0.29) is 12.0 Å². The van der Waals surface area contributed by atoms with Gasteiger partial charge in [0, 0.05) is 23.7 Å². The van der Waals surface area contributed by atoms with E-state index < -0.39 is 23.5 Å². The molecule has 0 heterocycles. The van der Waals surface area contributed by atoms with Crippen LogP contribution in [-0.4, -0.2) is 0 Å². The highest BCUT2D eigenvalue weighted by Crippen LogP contribution is 2.24. The third-order valence-corrected chi connectivity index (χ3v) is 1.98. The van der Waals surface area contributed by atoms with Gasteiger partial charge in [-0.1, -0.05) is 5.57 Å². The van der Waals surface area contributed by atoms with Crippen molar-refractivity contribution in [1.82, 2.24) is 0 Å². The zero-order chi connectivity index (χ0) is 11.6. The van der Waals surface area contributed by atoms with Gasteiger partial charge in [-0.25, -0.2) is 13.2 Å². The minimum atomic E-state index is -0.957. The van der Waals surface area contributed by atoms with E-state index in [1.54, 1.807) is 6.92 Å². The number of halogens is 3. The Morgan fingerprint density at radius 3 is 2.20 bits per heavy atom. The van der Waals surface area contributed by atoms with Crippen LogP contribution in [0.3, 0.4) is 0 Å². The second-order valence-corrected chi connectivity index (χ2v) is 3.55. The van der Waals surface area contributed by atoms with Gasteiger partial charge in [-0.2, -0.15) is 0 Å². The van der Waals surface area contributed by atoms with Crippen molar-refractivity contribution in [2.24, 2.45) is 5.73 Å². The fraction of sp³-hybridized carbons (Fsp3) is 0.273. The summed E-state index contributed by atoms with van der Waals surface area (Å²) in [5, 5.41) is 0. The summed E-state index contributed by atoms with van der Waals surface area (Å²) in [5.41, 5.74) is 6.01. The van der Waals surface area contributed by atoms with Crippen molar-refractivity contribution < 1.29 is 13.2 Å². The molecule has 2 N–H and O–H groups in total. The predicted molar refractivity (Wildman–Crippen MR) is 52.7 cm³/mol. The molecular formula is C11H12F3N. The lowest BCUT2D eigenvalue weighted by Crippen LogP contribution is -2.14. The minimum absolute atomic E-state index is 0.263. The fourth-order valence-electron chi connectivity index (χ4n) is 1.39. The average molecular weight is 215 g/mol. The average Bonchev–Trinajstić information content (AvgIpc) is 1.99. The molecule has 0 aromatic heterocycles. The van der Waals surface area contributed by atoms with E-state index in [0.717, 1.165) is 0 Å². The van der Waals surface area contributed by atoms with Crippen molar-refractivity contribution in [2.45, 2.75) is 19.4 Å². The van der Waals surface area contributed by atoms with Gasteiger partial charge >= 0.3 is 0 Å². The Morgan fingerprint density at radius 1 is 1.33 bits per heavy atom. The molecule has 0 spiro atoms. The molecule has 1 aromatic rings. The molecule has 4 heteroatoms. The van der Waals surface area contributed by atoms with Gasteiger partial charge in [-0.15, -0.1) is 6.58 Å². The maximum Gasteiger partial charge on any atom is 0.133 e.